The second-order valence-electron chi connectivity index (χ2n) is 5.80. The van der Waals surface area contributed by atoms with Crippen LogP contribution in [-0.4, -0.2) is 47.9 Å². The number of ether oxygens (including phenoxy) is 1. The molecule has 0 saturated carbocycles. The highest BCUT2D eigenvalue weighted by Gasteiger charge is 2.36. The van der Waals surface area contributed by atoms with Crippen molar-refractivity contribution in [2.75, 3.05) is 27.2 Å². The Kier molecular flexibility index (Phi) is 6.95. The Morgan fingerprint density at radius 1 is 1.41 bits per heavy atom. The minimum absolute atomic E-state index is 0.0468. The third-order valence-electron chi connectivity index (χ3n) is 3.67. The van der Waals surface area contributed by atoms with Gasteiger partial charge >= 0.3 is 6.18 Å². The molecule has 0 amide bonds. The Morgan fingerprint density at radius 3 is 2.78 bits per heavy atom. The van der Waals surface area contributed by atoms with E-state index in [1.54, 1.807) is 43.3 Å². The van der Waals surface area contributed by atoms with Gasteiger partial charge in [0, 0.05) is 44.5 Å². The predicted molar refractivity (Wildman–Crippen MR) is 98.0 cm³/mol. The maximum Gasteiger partial charge on any atom is 0.435 e. The lowest BCUT2D eigenvalue weighted by molar-refractivity contribution is -0.142. The molecule has 0 bridgehead atoms. The van der Waals surface area contributed by atoms with Crippen LogP contribution in [0.25, 0.3) is 0 Å². The number of aliphatic imine (C=N–C) groups is 1. The van der Waals surface area contributed by atoms with Gasteiger partial charge in [-0.2, -0.15) is 18.3 Å². The van der Waals surface area contributed by atoms with Crippen molar-refractivity contribution in [2.24, 2.45) is 12.0 Å². The zero-order chi connectivity index (χ0) is 20.0. The largest absolute Gasteiger partial charge is 0.492 e. The third kappa shape index (κ3) is 6.06. The van der Waals surface area contributed by atoms with E-state index in [1.165, 1.54) is 13.2 Å². The van der Waals surface area contributed by atoms with Crippen molar-refractivity contribution in [2.45, 2.75) is 12.7 Å². The van der Waals surface area contributed by atoms with Crippen molar-refractivity contribution < 1.29 is 17.9 Å². The van der Waals surface area contributed by atoms with Crippen LogP contribution in [0.2, 0.25) is 5.02 Å². The number of hydrogen-bond donors (Lipinski definition) is 1. The molecule has 0 saturated heterocycles. The summed E-state index contributed by atoms with van der Waals surface area (Å²) < 4.78 is 45.8. The molecule has 0 unspecified atom stereocenters. The van der Waals surface area contributed by atoms with Crippen molar-refractivity contribution in [3.63, 3.8) is 0 Å². The number of aromatic nitrogens is 2. The van der Waals surface area contributed by atoms with Crippen LogP contribution in [0, 0.1) is 0 Å². The number of benzene rings is 1. The zero-order valence-electron chi connectivity index (χ0n) is 15.2. The van der Waals surface area contributed by atoms with E-state index in [0.717, 1.165) is 4.68 Å². The maximum absolute atomic E-state index is 13.0. The first-order valence-electron chi connectivity index (χ1n) is 8.10. The number of nitrogens with one attached hydrogen (secondary N) is 1. The number of hydrogen-bond acceptors (Lipinski definition) is 3. The Balaban J connectivity index is 1.90. The average molecular weight is 404 g/mol. The number of alkyl halides is 3. The van der Waals surface area contributed by atoms with Crippen molar-refractivity contribution in [3.05, 3.63) is 46.7 Å². The van der Waals surface area contributed by atoms with E-state index in [-0.39, 0.29) is 12.1 Å². The van der Waals surface area contributed by atoms with Crippen LogP contribution in [0.5, 0.6) is 5.75 Å². The van der Waals surface area contributed by atoms with Gasteiger partial charge < -0.3 is 15.0 Å². The second-order valence-corrected chi connectivity index (χ2v) is 6.24. The van der Waals surface area contributed by atoms with Crippen molar-refractivity contribution in [1.82, 2.24) is 20.0 Å². The molecule has 6 nitrogen and oxygen atoms in total. The number of halogens is 4. The molecule has 1 aromatic carbocycles. The summed E-state index contributed by atoms with van der Waals surface area (Å²) in [6.45, 7) is 0.790. The predicted octanol–water partition coefficient (Wildman–Crippen LogP) is 3.18. The van der Waals surface area contributed by atoms with Crippen molar-refractivity contribution in [1.29, 1.82) is 0 Å². The lowest BCUT2D eigenvalue weighted by atomic mass is 10.2. The molecule has 1 aromatic heterocycles. The molecule has 2 rings (SSSR count). The molecular formula is C17H21ClF3N5O. The van der Waals surface area contributed by atoms with Crippen LogP contribution in [-0.2, 0) is 19.8 Å². The summed E-state index contributed by atoms with van der Waals surface area (Å²) in [5.41, 5.74) is -0.852. The van der Waals surface area contributed by atoms with Crippen LogP contribution in [0.3, 0.4) is 0 Å². The molecule has 27 heavy (non-hydrogen) atoms. The molecular weight excluding hydrogens is 383 g/mol. The van der Waals surface area contributed by atoms with Crippen LogP contribution in [0.4, 0.5) is 13.2 Å². The first kappa shape index (κ1) is 20.9. The third-order valence-corrected chi connectivity index (χ3v) is 3.91. The van der Waals surface area contributed by atoms with E-state index in [9.17, 15) is 13.2 Å². The number of nitrogens with zero attached hydrogens (tertiary/aromatic N) is 4. The van der Waals surface area contributed by atoms with E-state index in [2.05, 4.69) is 15.4 Å². The lowest BCUT2D eigenvalue weighted by Crippen LogP contribution is -2.40. The minimum Gasteiger partial charge on any atom is -0.492 e. The van der Waals surface area contributed by atoms with Crippen LogP contribution in [0.1, 0.15) is 11.3 Å². The fraction of sp³-hybridized carbons (Fsp3) is 0.412. The fourth-order valence-corrected chi connectivity index (χ4v) is 2.61. The summed E-state index contributed by atoms with van der Waals surface area (Å²) in [6, 6.07) is 7.03. The van der Waals surface area contributed by atoms with E-state index in [0.29, 0.717) is 29.9 Å². The maximum atomic E-state index is 13.0. The van der Waals surface area contributed by atoms with E-state index in [4.69, 9.17) is 16.3 Å². The van der Waals surface area contributed by atoms with Gasteiger partial charge in [-0.15, -0.1) is 0 Å². The highest BCUT2D eigenvalue weighted by atomic mass is 35.5. The Hall–Kier alpha value is -2.42. The van der Waals surface area contributed by atoms with Gasteiger partial charge in [0.25, 0.3) is 0 Å². The van der Waals surface area contributed by atoms with Gasteiger partial charge in [0.1, 0.15) is 12.4 Å². The Morgan fingerprint density at radius 2 is 2.15 bits per heavy atom. The van der Waals surface area contributed by atoms with Crippen LogP contribution < -0.4 is 10.1 Å². The van der Waals surface area contributed by atoms with Crippen LogP contribution >= 0.6 is 11.6 Å². The topological polar surface area (TPSA) is 54.7 Å². The summed E-state index contributed by atoms with van der Waals surface area (Å²) in [5.74, 6) is 1.09. The fourth-order valence-electron chi connectivity index (χ4n) is 2.43. The normalized spacial score (nSPS) is 12.2. The molecule has 1 N–H and O–H groups in total. The van der Waals surface area contributed by atoms with Gasteiger partial charge in [-0.25, -0.2) is 0 Å². The standard InChI is InChI=1S/C17H21ClF3N5O/c1-22-16(23-10-12-11-26(3)24-15(12)17(19,20)21)25(2)7-8-27-14-6-4-5-13(18)9-14/h4-6,9,11H,7-8,10H2,1-3H3,(H,22,23). The van der Waals surface area contributed by atoms with Gasteiger partial charge in [0.15, 0.2) is 11.7 Å². The summed E-state index contributed by atoms with van der Waals surface area (Å²) in [5, 5.41) is 6.98. The highest BCUT2D eigenvalue weighted by molar-refractivity contribution is 6.30. The summed E-state index contributed by atoms with van der Waals surface area (Å²) in [6.07, 6.45) is -3.16. The molecule has 0 aliphatic rings. The van der Waals surface area contributed by atoms with Gasteiger partial charge in [-0.3, -0.25) is 9.67 Å². The zero-order valence-corrected chi connectivity index (χ0v) is 16.0. The van der Waals surface area contributed by atoms with Gasteiger partial charge in [0.05, 0.1) is 6.54 Å². The summed E-state index contributed by atoms with van der Waals surface area (Å²) >= 11 is 5.90. The van der Waals surface area contributed by atoms with E-state index < -0.39 is 11.9 Å². The first-order valence-corrected chi connectivity index (χ1v) is 8.48. The van der Waals surface area contributed by atoms with Crippen LogP contribution in [0.15, 0.2) is 35.5 Å². The van der Waals surface area contributed by atoms with Gasteiger partial charge in [-0.05, 0) is 18.2 Å². The van der Waals surface area contributed by atoms with E-state index >= 15 is 0 Å². The molecule has 10 heteroatoms. The molecule has 148 valence electrons. The minimum atomic E-state index is -4.50. The molecule has 0 aliphatic heterocycles. The molecule has 0 aliphatic carbocycles. The summed E-state index contributed by atoms with van der Waals surface area (Å²) in [4.78, 5) is 5.85. The monoisotopic (exact) mass is 403 g/mol. The number of aryl methyl sites for hydroxylation is 1. The molecule has 1 heterocycles. The molecule has 0 spiro atoms. The van der Waals surface area contributed by atoms with Crippen molar-refractivity contribution >= 4 is 17.6 Å². The van der Waals surface area contributed by atoms with Crippen molar-refractivity contribution in [3.8, 4) is 5.75 Å². The Labute approximate surface area is 160 Å². The highest BCUT2D eigenvalue weighted by Crippen LogP contribution is 2.30. The van der Waals surface area contributed by atoms with E-state index in [1.807, 2.05) is 0 Å². The number of rotatable bonds is 6. The van der Waals surface area contributed by atoms with Gasteiger partial charge in [-0.1, -0.05) is 17.7 Å². The quantitative estimate of drug-likeness (QED) is 0.594. The SMILES string of the molecule is CN=C(NCc1cn(C)nc1C(F)(F)F)N(C)CCOc1cccc(Cl)c1. The summed E-state index contributed by atoms with van der Waals surface area (Å²) in [7, 11) is 4.78. The molecule has 0 fully saturated rings. The molecule has 0 radical (unpaired) electrons. The number of likely N-dealkylation sites (N-methyl/N-ethyl adjacent to an activating group) is 1. The second kappa shape index (κ2) is 8.98. The molecule has 2 aromatic rings. The molecule has 0 atom stereocenters. The lowest BCUT2D eigenvalue weighted by Gasteiger charge is -2.22. The first-order chi connectivity index (χ1) is 12.7. The smallest absolute Gasteiger partial charge is 0.435 e. The average Bonchev–Trinajstić information content (AvgIpc) is 2.97. The number of guanidine groups is 1. The Bertz CT molecular complexity index is 791. The van der Waals surface area contributed by atoms with Gasteiger partial charge in [0.2, 0.25) is 0 Å².